The van der Waals surface area contributed by atoms with Gasteiger partial charge in [-0.2, -0.15) is 0 Å². The Bertz CT molecular complexity index is 674. The predicted molar refractivity (Wildman–Crippen MR) is 83.5 cm³/mol. The molecule has 0 aliphatic carbocycles. The molecule has 0 bridgehead atoms. The molecule has 0 saturated carbocycles. The minimum absolute atomic E-state index is 0.0274. The molecular weight excluding hydrogens is 328 g/mol. The molecule has 1 aromatic carbocycles. The van der Waals surface area contributed by atoms with Gasteiger partial charge >= 0.3 is 12.1 Å². The van der Waals surface area contributed by atoms with E-state index in [9.17, 15) is 19.2 Å². The maximum Gasteiger partial charge on any atom is 0.410 e. The maximum atomic E-state index is 12.3. The second-order valence-electron chi connectivity index (χ2n) is 5.88. The molecule has 0 N–H and O–H groups in total. The van der Waals surface area contributed by atoms with Gasteiger partial charge in [-0.1, -0.05) is 30.3 Å². The van der Waals surface area contributed by atoms with Crippen molar-refractivity contribution in [3.63, 3.8) is 0 Å². The molecule has 1 atom stereocenters. The molecule has 0 spiro atoms. The Morgan fingerprint density at radius 3 is 2.44 bits per heavy atom. The van der Waals surface area contributed by atoms with Gasteiger partial charge in [-0.25, -0.2) is 9.59 Å². The highest BCUT2D eigenvalue weighted by Gasteiger charge is 2.40. The topological polar surface area (TPSA) is 93.2 Å². The second kappa shape index (κ2) is 7.33. The largest absolute Gasteiger partial charge is 0.445 e. The van der Waals surface area contributed by atoms with Gasteiger partial charge in [-0.05, 0) is 18.4 Å². The molecule has 25 heavy (non-hydrogen) atoms. The van der Waals surface area contributed by atoms with Gasteiger partial charge in [0.15, 0.2) is 0 Å². The summed E-state index contributed by atoms with van der Waals surface area (Å²) < 4.78 is 5.24. The Morgan fingerprint density at radius 1 is 1.08 bits per heavy atom. The van der Waals surface area contributed by atoms with E-state index in [-0.39, 0.29) is 19.4 Å². The van der Waals surface area contributed by atoms with Crippen LogP contribution in [0, 0.1) is 0 Å². The molecule has 0 aromatic heterocycles. The number of likely N-dealkylation sites (tertiary alicyclic amines) is 1. The van der Waals surface area contributed by atoms with Gasteiger partial charge in [0.25, 0.3) is 11.8 Å². The Balaban J connectivity index is 1.57. The number of amides is 3. The van der Waals surface area contributed by atoms with Gasteiger partial charge in [-0.15, -0.1) is 5.06 Å². The minimum Gasteiger partial charge on any atom is -0.445 e. The Labute approximate surface area is 144 Å². The lowest BCUT2D eigenvalue weighted by Gasteiger charge is -2.23. The number of hydrogen-bond donors (Lipinski definition) is 0. The summed E-state index contributed by atoms with van der Waals surface area (Å²) in [6.45, 7) is 0.455. The minimum atomic E-state index is -0.857. The normalized spacial score (nSPS) is 20.1. The van der Waals surface area contributed by atoms with Gasteiger partial charge in [0.05, 0.1) is 0 Å². The van der Waals surface area contributed by atoms with Crippen LogP contribution in [0.15, 0.2) is 30.3 Å². The first-order valence-electron chi connectivity index (χ1n) is 8.11. The van der Waals surface area contributed by atoms with Crippen LogP contribution in [-0.4, -0.2) is 46.4 Å². The van der Waals surface area contributed by atoms with Crippen molar-refractivity contribution >= 4 is 23.9 Å². The zero-order valence-corrected chi connectivity index (χ0v) is 13.6. The van der Waals surface area contributed by atoms with Crippen LogP contribution in [-0.2, 0) is 30.6 Å². The first-order chi connectivity index (χ1) is 12.1. The zero-order chi connectivity index (χ0) is 17.8. The van der Waals surface area contributed by atoms with Crippen LogP contribution in [0.3, 0.4) is 0 Å². The smallest absolute Gasteiger partial charge is 0.410 e. The highest BCUT2D eigenvalue weighted by molar-refractivity contribution is 6.01. The summed E-state index contributed by atoms with van der Waals surface area (Å²) >= 11 is 0. The first-order valence-corrected chi connectivity index (χ1v) is 8.11. The fourth-order valence-corrected chi connectivity index (χ4v) is 2.84. The van der Waals surface area contributed by atoms with Crippen LogP contribution in [0.5, 0.6) is 0 Å². The van der Waals surface area contributed by atoms with Gasteiger partial charge < -0.3 is 9.57 Å². The van der Waals surface area contributed by atoms with Gasteiger partial charge in [-0.3, -0.25) is 14.5 Å². The molecule has 1 aromatic rings. The third-order valence-corrected chi connectivity index (χ3v) is 4.15. The monoisotopic (exact) mass is 346 g/mol. The van der Waals surface area contributed by atoms with Crippen molar-refractivity contribution < 1.29 is 28.8 Å². The second-order valence-corrected chi connectivity index (χ2v) is 5.88. The van der Waals surface area contributed by atoms with E-state index in [0.29, 0.717) is 24.4 Å². The van der Waals surface area contributed by atoms with E-state index in [1.165, 1.54) is 4.90 Å². The summed E-state index contributed by atoms with van der Waals surface area (Å²) in [4.78, 5) is 53.8. The van der Waals surface area contributed by atoms with Crippen LogP contribution in [0.4, 0.5) is 4.79 Å². The Hall–Kier alpha value is -2.90. The lowest BCUT2D eigenvalue weighted by molar-refractivity contribution is -0.200. The number of carbonyl (C=O) groups excluding carboxylic acids is 4. The van der Waals surface area contributed by atoms with Crippen molar-refractivity contribution in [3.05, 3.63) is 35.9 Å². The molecule has 2 aliphatic rings. The Morgan fingerprint density at radius 2 is 1.76 bits per heavy atom. The fourth-order valence-electron chi connectivity index (χ4n) is 2.84. The molecule has 3 rings (SSSR count). The molecular formula is C17H18N2O6. The summed E-state index contributed by atoms with van der Waals surface area (Å²) in [7, 11) is 0. The van der Waals surface area contributed by atoms with E-state index in [1.54, 1.807) is 0 Å². The predicted octanol–water partition coefficient (Wildman–Crippen LogP) is 1.39. The molecule has 2 heterocycles. The summed E-state index contributed by atoms with van der Waals surface area (Å²) in [6, 6.07) is 8.33. The number of rotatable bonds is 4. The van der Waals surface area contributed by atoms with Crippen molar-refractivity contribution in [2.75, 3.05) is 6.54 Å². The first kappa shape index (κ1) is 16.9. The summed E-state index contributed by atoms with van der Waals surface area (Å²) in [5.74, 6) is -1.89. The van der Waals surface area contributed by atoms with Gasteiger partial charge in [0.2, 0.25) is 0 Å². The molecule has 2 aliphatic heterocycles. The number of nitrogens with zero attached hydrogens (tertiary/aromatic N) is 2. The van der Waals surface area contributed by atoms with Crippen molar-refractivity contribution in [1.29, 1.82) is 0 Å². The van der Waals surface area contributed by atoms with Crippen molar-refractivity contribution in [1.82, 2.24) is 9.96 Å². The van der Waals surface area contributed by atoms with Crippen LogP contribution < -0.4 is 0 Å². The molecule has 132 valence electrons. The van der Waals surface area contributed by atoms with Crippen LogP contribution in [0.2, 0.25) is 0 Å². The van der Waals surface area contributed by atoms with E-state index in [1.807, 2.05) is 30.3 Å². The zero-order valence-electron chi connectivity index (χ0n) is 13.6. The third-order valence-electron chi connectivity index (χ3n) is 4.15. The maximum absolute atomic E-state index is 12.3. The molecule has 3 amide bonds. The van der Waals surface area contributed by atoms with Crippen molar-refractivity contribution in [2.24, 2.45) is 0 Å². The van der Waals surface area contributed by atoms with E-state index in [4.69, 9.17) is 9.57 Å². The molecule has 2 fully saturated rings. The van der Waals surface area contributed by atoms with Gasteiger partial charge in [0, 0.05) is 19.4 Å². The molecule has 8 heteroatoms. The standard InChI is InChI=1S/C17H18N2O6/c20-14-8-9-15(21)19(14)25-16(22)13-7-4-10-18(13)17(23)24-11-12-5-2-1-3-6-12/h1-3,5-6,13H,4,7-11H2/t13-/m1/s1. The SMILES string of the molecule is O=C(ON1C(=O)CCC1=O)[C@H]1CCCN1C(=O)OCc1ccccc1. The summed E-state index contributed by atoms with van der Waals surface area (Å²) in [5.41, 5.74) is 0.836. The molecule has 0 unspecified atom stereocenters. The lowest BCUT2D eigenvalue weighted by Crippen LogP contribution is -2.44. The lowest BCUT2D eigenvalue weighted by atomic mass is 10.2. The van der Waals surface area contributed by atoms with Crippen LogP contribution in [0.25, 0.3) is 0 Å². The van der Waals surface area contributed by atoms with Gasteiger partial charge in [0.1, 0.15) is 12.6 Å². The van der Waals surface area contributed by atoms with E-state index >= 15 is 0 Å². The van der Waals surface area contributed by atoms with E-state index < -0.39 is 29.9 Å². The van der Waals surface area contributed by atoms with Crippen LogP contribution in [0.1, 0.15) is 31.2 Å². The number of hydroxylamine groups is 2. The Kier molecular flexibility index (Phi) is 4.97. The van der Waals surface area contributed by atoms with Crippen molar-refractivity contribution in [2.45, 2.75) is 38.3 Å². The molecule has 0 radical (unpaired) electrons. The number of ether oxygens (including phenoxy) is 1. The molecule has 8 nitrogen and oxygen atoms in total. The fraction of sp³-hybridized carbons (Fsp3) is 0.412. The van der Waals surface area contributed by atoms with Crippen LogP contribution >= 0.6 is 0 Å². The van der Waals surface area contributed by atoms with E-state index in [0.717, 1.165) is 5.56 Å². The number of benzene rings is 1. The summed E-state index contributed by atoms with van der Waals surface area (Å²) in [5, 5.41) is 0.494. The van der Waals surface area contributed by atoms with E-state index in [2.05, 4.69) is 0 Å². The molecule has 2 saturated heterocycles. The average molecular weight is 346 g/mol. The highest BCUT2D eigenvalue weighted by Crippen LogP contribution is 2.22. The van der Waals surface area contributed by atoms with Crippen molar-refractivity contribution in [3.8, 4) is 0 Å². The summed E-state index contributed by atoms with van der Waals surface area (Å²) in [6.07, 6.45) is 0.443. The highest BCUT2D eigenvalue weighted by atomic mass is 16.7. The number of carbonyl (C=O) groups is 4. The number of imide groups is 1. The quantitative estimate of drug-likeness (QED) is 0.765. The average Bonchev–Trinajstić information content (AvgIpc) is 3.23. The third kappa shape index (κ3) is 3.78. The number of hydrogen-bond acceptors (Lipinski definition) is 6.